The van der Waals surface area contributed by atoms with Gasteiger partial charge in [-0.2, -0.15) is 0 Å². The van der Waals surface area contributed by atoms with E-state index in [4.69, 9.17) is 4.74 Å². The minimum atomic E-state index is -0.465. The first-order valence-electron chi connectivity index (χ1n) is 5.60. The Bertz CT molecular complexity index is 603. The number of hydrogen-bond donors (Lipinski definition) is 0. The highest BCUT2D eigenvalue weighted by Crippen LogP contribution is 2.21. The number of aromatic nitrogens is 1. The molecule has 2 rings (SSSR count). The maximum absolute atomic E-state index is 13.7. The third-order valence-corrected chi connectivity index (χ3v) is 2.43. The predicted molar refractivity (Wildman–Crippen MR) is 67.4 cm³/mol. The van der Waals surface area contributed by atoms with E-state index in [1.54, 1.807) is 31.3 Å². The number of hydrogen-bond acceptors (Lipinski definition) is 3. The van der Waals surface area contributed by atoms with Crippen LogP contribution in [0.25, 0.3) is 16.8 Å². The van der Waals surface area contributed by atoms with E-state index < -0.39 is 5.97 Å². The van der Waals surface area contributed by atoms with Gasteiger partial charge in [-0.3, -0.25) is 4.98 Å². The summed E-state index contributed by atoms with van der Waals surface area (Å²) in [5, 5.41) is 1.15. The second kappa shape index (κ2) is 5.40. The van der Waals surface area contributed by atoms with Gasteiger partial charge in [0.25, 0.3) is 0 Å². The Kier molecular flexibility index (Phi) is 3.67. The third-order valence-electron chi connectivity index (χ3n) is 2.43. The van der Waals surface area contributed by atoms with Crippen molar-refractivity contribution in [3.63, 3.8) is 0 Å². The molecule has 92 valence electrons. The van der Waals surface area contributed by atoms with Crippen molar-refractivity contribution < 1.29 is 13.9 Å². The van der Waals surface area contributed by atoms with E-state index in [9.17, 15) is 9.18 Å². The monoisotopic (exact) mass is 245 g/mol. The summed E-state index contributed by atoms with van der Waals surface area (Å²) in [5.74, 6) is -0.822. The van der Waals surface area contributed by atoms with Gasteiger partial charge in [0, 0.05) is 17.7 Å². The van der Waals surface area contributed by atoms with Crippen LogP contribution in [0.5, 0.6) is 0 Å². The Morgan fingerprint density at radius 2 is 2.28 bits per heavy atom. The van der Waals surface area contributed by atoms with Crippen LogP contribution >= 0.6 is 0 Å². The number of nitrogens with zero attached hydrogens (tertiary/aromatic N) is 1. The lowest BCUT2D eigenvalue weighted by Gasteiger charge is -2.02. The average Bonchev–Trinajstić information content (AvgIpc) is 2.37. The molecule has 18 heavy (non-hydrogen) atoms. The molecule has 0 aliphatic rings. The lowest BCUT2D eigenvalue weighted by molar-refractivity contribution is -0.137. The Labute approximate surface area is 104 Å². The van der Waals surface area contributed by atoms with E-state index in [-0.39, 0.29) is 5.82 Å². The molecular formula is C14H12FNO2. The SMILES string of the molecule is CCOC(=O)/C=C/c1nccc2cccc(F)c12. The second-order valence-corrected chi connectivity index (χ2v) is 3.62. The largest absolute Gasteiger partial charge is 0.463 e. The minimum Gasteiger partial charge on any atom is -0.463 e. The molecule has 0 fully saturated rings. The van der Waals surface area contributed by atoms with Crippen molar-refractivity contribution in [3.8, 4) is 0 Å². The van der Waals surface area contributed by atoms with Crippen molar-refractivity contribution in [3.05, 3.63) is 48.0 Å². The topological polar surface area (TPSA) is 39.2 Å². The molecule has 4 heteroatoms. The van der Waals surface area contributed by atoms with E-state index in [1.165, 1.54) is 18.2 Å². The Balaban J connectivity index is 2.42. The van der Waals surface area contributed by atoms with Gasteiger partial charge >= 0.3 is 5.97 Å². The summed E-state index contributed by atoms with van der Waals surface area (Å²) in [5.41, 5.74) is 0.415. The van der Waals surface area contributed by atoms with Crippen LogP contribution in [0, 0.1) is 5.82 Å². The molecule has 0 amide bonds. The number of pyridine rings is 1. The van der Waals surface area contributed by atoms with Crippen LogP contribution in [0.3, 0.4) is 0 Å². The Morgan fingerprint density at radius 1 is 1.44 bits per heavy atom. The van der Waals surface area contributed by atoms with Crippen LogP contribution in [0.15, 0.2) is 36.5 Å². The number of ether oxygens (including phenoxy) is 1. The summed E-state index contributed by atoms with van der Waals surface area (Å²) >= 11 is 0. The number of rotatable bonds is 3. The zero-order valence-electron chi connectivity index (χ0n) is 9.89. The van der Waals surface area contributed by atoms with Crippen molar-refractivity contribution in [2.45, 2.75) is 6.92 Å². The highest BCUT2D eigenvalue weighted by Gasteiger charge is 2.05. The van der Waals surface area contributed by atoms with Crippen molar-refractivity contribution >= 4 is 22.8 Å². The summed E-state index contributed by atoms with van der Waals surface area (Å²) in [6.45, 7) is 2.03. The van der Waals surface area contributed by atoms with Crippen molar-refractivity contribution in [2.75, 3.05) is 6.61 Å². The number of halogens is 1. The average molecular weight is 245 g/mol. The van der Waals surface area contributed by atoms with E-state index in [2.05, 4.69) is 4.98 Å². The maximum Gasteiger partial charge on any atom is 0.330 e. The zero-order valence-corrected chi connectivity index (χ0v) is 9.89. The van der Waals surface area contributed by atoms with Crippen LogP contribution < -0.4 is 0 Å². The van der Waals surface area contributed by atoms with Gasteiger partial charge in [-0.15, -0.1) is 0 Å². The highest BCUT2D eigenvalue weighted by atomic mass is 19.1. The maximum atomic E-state index is 13.7. The first-order chi connectivity index (χ1) is 8.72. The van der Waals surface area contributed by atoms with Crippen LogP contribution in [0.4, 0.5) is 4.39 Å². The molecular weight excluding hydrogens is 233 g/mol. The molecule has 1 heterocycles. The Hall–Kier alpha value is -2.23. The quantitative estimate of drug-likeness (QED) is 0.616. The molecule has 0 aliphatic carbocycles. The zero-order chi connectivity index (χ0) is 13.0. The summed E-state index contributed by atoms with van der Waals surface area (Å²) in [7, 11) is 0. The first-order valence-corrected chi connectivity index (χ1v) is 5.60. The first kappa shape index (κ1) is 12.2. The molecule has 1 aromatic heterocycles. The molecule has 0 N–H and O–H groups in total. The van der Waals surface area contributed by atoms with Crippen LogP contribution in [-0.4, -0.2) is 17.6 Å². The molecule has 0 atom stereocenters. The van der Waals surface area contributed by atoms with E-state index in [0.717, 1.165) is 5.39 Å². The fourth-order valence-electron chi connectivity index (χ4n) is 1.68. The normalized spacial score (nSPS) is 11.0. The van der Waals surface area contributed by atoms with E-state index in [0.29, 0.717) is 17.7 Å². The molecule has 1 aromatic carbocycles. The molecule has 0 aliphatic heterocycles. The molecule has 0 bridgehead atoms. The fourth-order valence-corrected chi connectivity index (χ4v) is 1.68. The number of benzene rings is 1. The predicted octanol–water partition coefficient (Wildman–Crippen LogP) is 2.95. The molecule has 0 saturated heterocycles. The van der Waals surface area contributed by atoms with Gasteiger partial charge in [-0.1, -0.05) is 12.1 Å². The molecule has 0 unspecified atom stereocenters. The van der Waals surface area contributed by atoms with Gasteiger partial charge in [0.15, 0.2) is 0 Å². The summed E-state index contributed by atoms with van der Waals surface area (Å²) in [6, 6.07) is 6.52. The third kappa shape index (κ3) is 2.53. The van der Waals surface area contributed by atoms with E-state index >= 15 is 0 Å². The fraction of sp³-hybridized carbons (Fsp3) is 0.143. The smallest absolute Gasteiger partial charge is 0.330 e. The standard InChI is InChI=1S/C14H12FNO2/c1-2-18-13(17)7-6-12-14-10(8-9-16-12)4-3-5-11(14)15/h3-9H,2H2,1H3/b7-6+. The lowest BCUT2D eigenvalue weighted by atomic mass is 10.1. The van der Waals surface area contributed by atoms with Crippen molar-refractivity contribution in [2.24, 2.45) is 0 Å². The number of carbonyl (C=O) groups is 1. The lowest BCUT2D eigenvalue weighted by Crippen LogP contribution is -1.99. The summed E-state index contributed by atoms with van der Waals surface area (Å²) in [6.07, 6.45) is 4.29. The van der Waals surface area contributed by atoms with Gasteiger partial charge in [0.2, 0.25) is 0 Å². The van der Waals surface area contributed by atoms with Gasteiger partial charge in [0.1, 0.15) is 5.82 Å². The molecule has 2 aromatic rings. The summed E-state index contributed by atoms with van der Waals surface area (Å²) in [4.78, 5) is 15.3. The number of carbonyl (C=O) groups excluding carboxylic acids is 1. The van der Waals surface area contributed by atoms with Crippen LogP contribution in [0.1, 0.15) is 12.6 Å². The van der Waals surface area contributed by atoms with Gasteiger partial charge in [0.05, 0.1) is 12.3 Å². The van der Waals surface area contributed by atoms with Gasteiger partial charge in [-0.05, 0) is 30.5 Å². The Morgan fingerprint density at radius 3 is 3.06 bits per heavy atom. The van der Waals surface area contributed by atoms with Crippen molar-refractivity contribution in [1.29, 1.82) is 0 Å². The number of fused-ring (bicyclic) bond motifs is 1. The van der Waals surface area contributed by atoms with E-state index in [1.807, 2.05) is 0 Å². The minimum absolute atomic E-state index is 0.306. The number of esters is 1. The molecule has 0 saturated carbocycles. The molecule has 0 spiro atoms. The summed E-state index contributed by atoms with van der Waals surface area (Å²) < 4.78 is 18.5. The van der Waals surface area contributed by atoms with Gasteiger partial charge in [-0.25, -0.2) is 9.18 Å². The molecule has 0 radical (unpaired) electrons. The molecule has 3 nitrogen and oxygen atoms in total. The van der Waals surface area contributed by atoms with Crippen molar-refractivity contribution in [1.82, 2.24) is 4.98 Å². The van der Waals surface area contributed by atoms with Crippen LogP contribution in [0.2, 0.25) is 0 Å². The van der Waals surface area contributed by atoms with Crippen LogP contribution in [-0.2, 0) is 9.53 Å². The van der Waals surface area contributed by atoms with Gasteiger partial charge < -0.3 is 4.74 Å². The second-order valence-electron chi connectivity index (χ2n) is 3.62. The highest BCUT2D eigenvalue weighted by molar-refractivity contribution is 5.93.